The minimum Gasteiger partial charge on any atom is -0.493 e. The third-order valence-electron chi connectivity index (χ3n) is 2.07. The predicted molar refractivity (Wildman–Crippen MR) is 65.9 cm³/mol. The van der Waals surface area contributed by atoms with Crippen molar-refractivity contribution >= 4 is 17.4 Å². The molecule has 0 atom stereocenters. The minimum atomic E-state index is 0.671. The summed E-state index contributed by atoms with van der Waals surface area (Å²) in [6.07, 6.45) is 0.872. The summed E-state index contributed by atoms with van der Waals surface area (Å²) in [5.41, 5.74) is 2.43. The maximum absolute atomic E-state index is 5.62. The number of benzene rings is 1. The highest BCUT2D eigenvalue weighted by molar-refractivity contribution is 7.78. The minimum absolute atomic E-state index is 0.671. The van der Waals surface area contributed by atoms with E-state index in [1.165, 1.54) is 11.1 Å². The zero-order valence-electron chi connectivity index (χ0n) is 9.12. The number of aliphatic imine (C=N–C) groups is 1. The molecule has 0 heterocycles. The normalized spacial score (nSPS) is 9.47. The largest absolute Gasteiger partial charge is 0.493 e. The molecule has 0 bridgehead atoms. The van der Waals surface area contributed by atoms with Crippen molar-refractivity contribution in [2.45, 2.75) is 20.3 Å². The third-order valence-corrected chi connectivity index (χ3v) is 2.20. The molecule has 0 aliphatic heterocycles. The topological polar surface area (TPSA) is 21.6 Å². The van der Waals surface area contributed by atoms with Gasteiger partial charge in [-0.3, -0.25) is 0 Å². The van der Waals surface area contributed by atoms with Crippen LogP contribution >= 0.6 is 12.2 Å². The summed E-state index contributed by atoms with van der Waals surface area (Å²) in [5.74, 6) is 0.951. The molecular formula is C12H15NOS. The van der Waals surface area contributed by atoms with Gasteiger partial charge < -0.3 is 4.74 Å². The third kappa shape index (κ3) is 4.24. The van der Waals surface area contributed by atoms with Gasteiger partial charge in [-0.15, -0.1) is 0 Å². The fourth-order valence-electron chi connectivity index (χ4n) is 1.33. The van der Waals surface area contributed by atoms with E-state index in [0.717, 1.165) is 12.2 Å². The second-order valence-electron chi connectivity index (χ2n) is 3.44. The van der Waals surface area contributed by atoms with Crippen LogP contribution in [0.3, 0.4) is 0 Å². The first-order chi connectivity index (χ1) is 7.24. The van der Waals surface area contributed by atoms with Crippen molar-refractivity contribution in [3.05, 3.63) is 29.3 Å². The Labute approximate surface area is 96.0 Å². The molecule has 0 unspecified atom stereocenters. The molecule has 0 radical (unpaired) electrons. The lowest BCUT2D eigenvalue weighted by molar-refractivity contribution is 0.311. The summed E-state index contributed by atoms with van der Waals surface area (Å²) >= 11 is 4.47. The lowest BCUT2D eigenvalue weighted by Gasteiger charge is -2.08. The van der Waals surface area contributed by atoms with Crippen LogP contribution in [0.5, 0.6) is 5.75 Å². The number of hydrogen-bond acceptors (Lipinski definition) is 3. The van der Waals surface area contributed by atoms with Crippen molar-refractivity contribution in [1.29, 1.82) is 0 Å². The lowest BCUT2D eigenvalue weighted by Crippen LogP contribution is -2.00. The Kier molecular flexibility index (Phi) is 5.02. The molecule has 3 heteroatoms. The van der Waals surface area contributed by atoms with E-state index in [9.17, 15) is 0 Å². The Morgan fingerprint density at radius 2 is 2.20 bits per heavy atom. The average Bonchev–Trinajstić information content (AvgIpc) is 2.20. The summed E-state index contributed by atoms with van der Waals surface area (Å²) in [6.45, 7) is 5.49. The highest BCUT2D eigenvalue weighted by atomic mass is 32.1. The lowest BCUT2D eigenvalue weighted by atomic mass is 10.1. The molecule has 1 aromatic carbocycles. The quantitative estimate of drug-likeness (QED) is 0.433. The molecule has 1 aromatic rings. The smallest absolute Gasteiger partial charge is 0.122 e. The maximum atomic E-state index is 5.62. The number of ether oxygens (including phenoxy) is 1. The van der Waals surface area contributed by atoms with Crippen LogP contribution in [-0.2, 0) is 0 Å². The Balaban J connectivity index is 2.40. The van der Waals surface area contributed by atoms with Gasteiger partial charge in [-0.1, -0.05) is 17.7 Å². The zero-order valence-corrected chi connectivity index (χ0v) is 9.93. The van der Waals surface area contributed by atoms with Gasteiger partial charge in [0.1, 0.15) is 5.75 Å². The van der Waals surface area contributed by atoms with Crippen molar-refractivity contribution in [3.8, 4) is 5.75 Å². The first kappa shape index (κ1) is 11.9. The molecule has 0 saturated heterocycles. The van der Waals surface area contributed by atoms with Crippen LogP contribution in [0.4, 0.5) is 0 Å². The second-order valence-corrected chi connectivity index (χ2v) is 3.63. The Morgan fingerprint density at radius 1 is 1.40 bits per heavy atom. The molecule has 0 aliphatic rings. The van der Waals surface area contributed by atoms with Gasteiger partial charge in [0.05, 0.1) is 18.3 Å². The van der Waals surface area contributed by atoms with Crippen LogP contribution in [0.1, 0.15) is 17.5 Å². The van der Waals surface area contributed by atoms with E-state index in [0.29, 0.717) is 13.2 Å². The highest BCUT2D eigenvalue weighted by Crippen LogP contribution is 2.18. The Bertz CT molecular complexity index is 370. The molecule has 0 spiro atoms. The average molecular weight is 221 g/mol. The first-order valence-electron chi connectivity index (χ1n) is 4.97. The summed E-state index contributed by atoms with van der Waals surface area (Å²) in [5, 5.41) is 2.34. The molecule has 2 nitrogen and oxygen atoms in total. The number of rotatable bonds is 5. The van der Waals surface area contributed by atoms with Crippen molar-refractivity contribution in [2.75, 3.05) is 13.2 Å². The molecule has 80 valence electrons. The molecule has 0 aliphatic carbocycles. The van der Waals surface area contributed by atoms with E-state index < -0.39 is 0 Å². The van der Waals surface area contributed by atoms with E-state index in [-0.39, 0.29) is 0 Å². The van der Waals surface area contributed by atoms with Crippen LogP contribution < -0.4 is 4.74 Å². The highest BCUT2D eigenvalue weighted by Gasteiger charge is 1.98. The summed E-state index contributed by atoms with van der Waals surface area (Å²) in [4.78, 5) is 3.82. The van der Waals surface area contributed by atoms with Crippen LogP contribution in [0.25, 0.3) is 0 Å². The van der Waals surface area contributed by atoms with Gasteiger partial charge in [-0.2, -0.15) is 0 Å². The van der Waals surface area contributed by atoms with Crippen LogP contribution in [-0.4, -0.2) is 18.3 Å². The van der Waals surface area contributed by atoms with E-state index in [2.05, 4.69) is 48.4 Å². The second kappa shape index (κ2) is 6.33. The molecule has 0 fully saturated rings. The standard InChI is InChI=1S/C12H15NOS/c1-10-4-5-12(11(2)8-10)14-7-3-6-13-9-15/h4-5,8H,3,6-7H2,1-2H3. The number of thiocarbonyl (C=S) groups is 1. The van der Waals surface area contributed by atoms with Gasteiger partial charge in [-0.25, -0.2) is 4.99 Å². The van der Waals surface area contributed by atoms with Crippen molar-refractivity contribution in [3.63, 3.8) is 0 Å². The molecule has 0 amide bonds. The molecule has 1 rings (SSSR count). The van der Waals surface area contributed by atoms with Crippen molar-refractivity contribution in [1.82, 2.24) is 0 Å². The number of hydrogen-bond donors (Lipinski definition) is 0. The van der Waals surface area contributed by atoms with Gasteiger partial charge >= 0.3 is 0 Å². The van der Waals surface area contributed by atoms with E-state index in [4.69, 9.17) is 4.74 Å². The van der Waals surface area contributed by atoms with Crippen LogP contribution in [0.2, 0.25) is 0 Å². The molecule has 0 aromatic heterocycles. The summed E-state index contributed by atoms with van der Waals surface area (Å²) in [7, 11) is 0. The van der Waals surface area contributed by atoms with Crippen LogP contribution in [0, 0.1) is 13.8 Å². The summed E-state index contributed by atoms with van der Waals surface area (Å²) in [6, 6.07) is 6.18. The van der Waals surface area contributed by atoms with E-state index in [1.54, 1.807) is 0 Å². The molecule has 0 saturated carbocycles. The molecular weight excluding hydrogens is 206 g/mol. The van der Waals surface area contributed by atoms with Gasteiger partial charge in [0, 0.05) is 6.42 Å². The molecule has 15 heavy (non-hydrogen) atoms. The van der Waals surface area contributed by atoms with E-state index >= 15 is 0 Å². The van der Waals surface area contributed by atoms with Gasteiger partial charge in [0.15, 0.2) is 0 Å². The number of aryl methyl sites for hydroxylation is 2. The maximum Gasteiger partial charge on any atom is 0.122 e. The summed E-state index contributed by atoms with van der Waals surface area (Å²) < 4.78 is 5.62. The van der Waals surface area contributed by atoms with Gasteiger partial charge in [-0.05, 0) is 37.7 Å². The Hall–Kier alpha value is -1.18. The van der Waals surface area contributed by atoms with Crippen molar-refractivity contribution in [2.24, 2.45) is 4.99 Å². The Morgan fingerprint density at radius 3 is 2.87 bits per heavy atom. The van der Waals surface area contributed by atoms with Crippen molar-refractivity contribution < 1.29 is 4.74 Å². The monoisotopic (exact) mass is 221 g/mol. The number of isothiocyanates is 1. The molecule has 0 N–H and O–H groups in total. The predicted octanol–water partition coefficient (Wildman–Crippen LogP) is 3.18. The van der Waals surface area contributed by atoms with Gasteiger partial charge in [0.2, 0.25) is 0 Å². The van der Waals surface area contributed by atoms with Crippen LogP contribution in [0.15, 0.2) is 23.2 Å². The van der Waals surface area contributed by atoms with Gasteiger partial charge in [0.25, 0.3) is 0 Å². The fraction of sp³-hybridized carbons (Fsp3) is 0.417. The van der Waals surface area contributed by atoms with E-state index in [1.807, 2.05) is 6.07 Å². The fourth-order valence-corrected chi connectivity index (χ4v) is 1.42. The number of nitrogens with zero attached hydrogens (tertiary/aromatic N) is 1. The first-order valence-corrected chi connectivity index (χ1v) is 5.38. The zero-order chi connectivity index (χ0) is 11.1. The SMILES string of the molecule is Cc1ccc(OCCCN=C=S)c(C)c1.